The molecule has 0 aliphatic rings. The number of rotatable bonds is 3. The van der Waals surface area contributed by atoms with Gasteiger partial charge in [-0.2, -0.15) is 0 Å². The summed E-state index contributed by atoms with van der Waals surface area (Å²) in [7, 11) is 1.63. The SMILES string of the molecule is COc1ccccc1N=Cc1nccnc1C. The maximum atomic E-state index is 5.21. The molecule has 0 amide bonds. The monoisotopic (exact) mass is 227 g/mol. The van der Waals surface area contributed by atoms with Gasteiger partial charge in [-0.25, -0.2) is 0 Å². The largest absolute Gasteiger partial charge is 0.494 e. The first-order chi connectivity index (χ1) is 8.31. The number of benzene rings is 1. The summed E-state index contributed by atoms with van der Waals surface area (Å²) in [6, 6.07) is 7.58. The van der Waals surface area contributed by atoms with Crippen molar-refractivity contribution >= 4 is 11.9 Å². The topological polar surface area (TPSA) is 47.4 Å². The van der Waals surface area contributed by atoms with E-state index in [-0.39, 0.29) is 0 Å². The number of hydrogen-bond acceptors (Lipinski definition) is 4. The summed E-state index contributed by atoms with van der Waals surface area (Å²) in [6.07, 6.45) is 5.01. The molecule has 0 unspecified atom stereocenters. The molecular formula is C13H13N3O. The highest BCUT2D eigenvalue weighted by Crippen LogP contribution is 2.25. The number of para-hydroxylation sites is 2. The van der Waals surface area contributed by atoms with Crippen LogP contribution in [-0.4, -0.2) is 23.3 Å². The summed E-state index contributed by atoms with van der Waals surface area (Å²) in [5.74, 6) is 0.741. The first-order valence-corrected chi connectivity index (χ1v) is 5.26. The molecule has 0 N–H and O–H groups in total. The zero-order valence-corrected chi connectivity index (χ0v) is 9.79. The summed E-state index contributed by atoms with van der Waals surface area (Å²) in [6.45, 7) is 1.90. The Morgan fingerprint density at radius 3 is 2.71 bits per heavy atom. The molecule has 0 bridgehead atoms. The zero-order chi connectivity index (χ0) is 12.1. The average Bonchev–Trinajstić information content (AvgIpc) is 2.38. The molecule has 17 heavy (non-hydrogen) atoms. The molecule has 86 valence electrons. The van der Waals surface area contributed by atoms with Crippen LogP contribution in [0.15, 0.2) is 41.7 Å². The fourth-order valence-electron chi connectivity index (χ4n) is 1.41. The number of aryl methyl sites for hydroxylation is 1. The van der Waals surface area contributed by atoms with Crippen molar-refractivity contribution in [1.82, 2.24) is 9.97 Å². The number of methoxy groups -OCH3 is 1. The van der Waals surface area contributed by atoms with Gasteiger partial charge in [-0.1, -0.05) is 12.1 Å². The van der Waals surface area contributed by atoms with Crippen LogP contribution in [0.5, 0.6) is 5.75 Å². The van der Waals surface area contributed by atoms with Gasteiger partial charge in [0.15, 0.2) is 0 Å². The second kappa shape index (κ2) is 5.21. The lowest BCUT2D eigenvalue weighted by molar-refractivity contribution is 0.416. The normalized spacial score (nSPS) is 10.7. The van der Waals surface area contributed by atoms with E-state index >= 15 is 0 Å². The lowest BCUT2D eigenvalue weighted by Crippen LogP contribution is -1.94. The van der Waals surface area contributed by atoms with Crippen LogP contribution >= 0.6 is 0 Å². The van der Waals surface area contributed by atoms with E-state index in [9.17, 15) is 0 Å². The van der Waals surface area contributed by atoms with E-state index in [1.165, 1.54) is 0 Å². The van der Waals surface area contributed by atoms with Gasteiger partial charge in [-0.05, 0) is 19.1 Å². The minimum Gasteiger partial charge on any atom is -0.494 e. The standard InChI is InChI=1S/C13H13N3O/c1-10-12(15-8-7-14-10)9-16-11-5-3-4-6-13(11)17-2/h3-9H,1-2H3. The van der Waals surface area contributed by atoms with Crippen molar-refractivity contribution in [3.8, 4) is 5.75 Å². The highest BCUT2D eigenvalue weighted by molar-refractivity contribution is 5.81. The number of nitrogens with zero attached hydrogens (tertiary/aromatic N) is 3. The lowest BCUT2D eigenvalue weighted by atomic mass is 10.3. The maximum Gasteiger partial charge on any atom is 0.144 e. The Morgan fingerprint density at radius 1 is 1.18 bits per heavy atom. The molecule has 0 fully saturated rings. The molecule has 0 saturated heterocycles. The van der Waals surface area contributed by atoms with Crippen LogP contribution in [0, 0.1) is 6.92 Å². The highest BCUT2D eigenvalue weighted by atomic mass is 16.5. The highest BCUT2D eigenvalue weighted by Gasteiger charge is 1.99. The molecule has 0 radical (unpaired) electrons. The van der Waals surface area contributed by atoms with Crippen molar-refractivity contribution in [2.24, 2.45) is 4.99 Å². The van der Waals surface area contributed by atoms with Crippen molar-refractivity contribution in [3.63, 3.8) is 0 Å². The van der Waals surface area contributed by atoms with Gasteiger partial charge < -0.3 is 4.74 Å². The van der Waals surface area contributed by atoms with Crippen molar-refractivity contribution in [3.05, 3.63) is 48.0 Å². The summed E-state index contributed by atoms with van der Waals surface area (Å²) in [5, 5.41) is 0. The van der Waals surface area contributed by atoms with Gasteiger partial charge in [0.2, 0.25) is 0 Å². The van der Waals surface area contributed by atoms with Gasteiger partial charge in [0.1, 0.15) is 17.1 Å². The second-order valence-corrected chi connectivity index (χ2v) is 3.46. The quantitative estimate of drug-likeness (QED) is 0.757. The smallest absolute Gasteiger partial charge is 0.144 e. The van der Waals surface area contributed by atoms with Gasteiger partial charge in [-0.15, -0.1) is 0 Å². The van der Waals surface area contributed by atoms with E-state index in [0.717, 1.165) is 22.8 Å². The molecule has 0 aliphatic carbocycles. The Labute approximate surface area is 100 Å². The molecule has 4 heteroatoms. The molecule has 0 saturated carbocycles. The number of aromatic nitrogens is 2. The predicted octanol–water partition coefficient (Wildman–Crippen LogP) is 2.54. The second-order valence-electron chi connectivity index (χ2n) is 3.46. The van der Waals surface area contributed by atoms with Crippen LogP contribution in [0.3, 0.4) is 0 Å². The average molecular weight is 227 g/mol. The molecule has 2 rings (SSSR count). The van der Waals surface area contributed by atoms with E-state index in [1.807, 2.05) is 31.2 Å². The van der Waals surface area contributed by atoms with Gasteiger partial charge in [0, 0.05) is 12.4 Å². The summed E-state index contributed by atoms with van der Waals surface area (Å²) in [5.41, 5.74) is 2.39. The van der Waals surface area contributed by atoms with Crippen molar-refractivity contribution in [2.75, 3.05) is 7.11 Å². The predicted molar refractivity (Wildman–Crippen MR) is 67.0 cm³/mol. The molecule has 0 spiro atoms. The number of ether oxygens (including phenoxy) is 1. The number of hydrogen-bond donors (Lipinski definition) is 0. The summed E-state index contributed by atoms with van der Waals surface area (Å²) in [4.78, 5) is 12.7. The zero-order valence-electron chi connectivity index (χ0n) is 9.79. The minimum absolute atomic E-state index is 0.741. The summed E-state index contributed by atoms with van der Waals surface area (Å²) < 4.78 is 5.21. The van der Waals surface area contributed by atoms with Crippen LogP contribution in [0.25, 0.3) is 0 Å². The van der Waals surface area contributed by atoms with E-state index in [2.05, 4.69) is 15.0 Å². The molecule has 1 aromatic carbocycles. The molecule has 0 atom stereocenters. The first-order valence-electron chi connectivity index (χ1n) is 5.26. The van der Waals surface area contributed by atoms with Crippen LogP contribution in [0.1, 0.15) is 11.4 Å². The molecule has 4 nitrogen and oxygen atoms in total. The fourth-order valence-corrected chi connectivity index (χ4v) is 1.41. The van der Waals surface area contributed by atoms with Crippen LogP contribution in [0.2, 0.25) is 0 Å². The van der Waals surface area contributed by atoms with Crippen molar-refractivity contribution in [2.45, 2.75) is 6.92 Å². The number of aliphatic imine (C=N–C) groups is 1. The fraction of sp³-hybridized carbons (Fsp3) is 0.154. The molecule has 1 aromatic heterocycles. The van der Waals surface area contributed by atoms with Gasteiger partial charge >= 0.3 is 0 Å². The Bertz CT molecular complexity index is 538. The summed E-state index contributed by atoms with van der Waals surface area (Å²) >= 11 is 0. The van der Waals surface area contributed by atoms with E-state index < -0.39 is 0 Å². The Balaban J connectivity index is 2.29. The molecule has 1 heterocycles. The van der Waals surface area contributed by atoms with Crippen LogP contribution in [-0.2, 0) is 0 Å². The van der Waals surface area contributed by atoms with Gasteiger partial charge in [0.25, 0.3) is 0 Å². The van der Waals surface area contributed by atoms with Crippen LogP contribution < -0.4 is 4.74 Å². The maximum absolute atomic E-state index is 5.21. The Hall–Kier alpha value is -2.23. The third kappa shape index (κ3) is 2.66. The van der Waals surface area contributed by atoms with Gasteiger partial charge in [0.05, 0.1) is 19.0 Å². The Kier molecular flexibility index (Phi) is 3.45. The van der Waals surface area contributed by atoms with E-state index in [4.69, 9.17) is 4.74 Å². The van der Waals surface area contributed by atoms with Gasteiger partial charge in [-0.3, -0.25) is 15.0 Å². The van der Waals surface area contributed by atoms with Crippen molar-refractivity contribution in [1.29, 1.82) is 0 Å². The first kappa shape index (κ1) is 11.3. The van der Waals surface area contributed by atoms with Crippen LogP contribution in [0.4, 0.5) is 5.69 Å². The minimum atomic E-state index is 0.741. The Morgan fingerprint density at radius 2 is 1.94 bits per heavy atom. The third-order valence-electron chi connectivity index (χ3n) is 2.33. The van der Waals surface area contributed by atoms with E-state index in [1.54, 1.807) is 25.7 Å². The molecular weight excluding hydrogens is 214 g/mol. The molecule has 2 aromatic rings. The molecule has 0 aliphatic heterocycles. The van der Waals surface area contributed by atoms with Crippen molar-refractivity contribution < 1.29 is 4.74 Å². The lowest BCUT2D eigenvalue weighted by Gasteiger charge is -2.02. The van der Waals surface area contributed by atoms with E-state index in [0.29, 0.717) is 0 Å². The third-order valence-corrected chi connectivity index (χ3v) is 2.33.